The molecule has 2 N–H and O–H groups in total. The molecule has 1 aliphatic rings. The maximum absolute atomic E-state index is 12.7. The Morgan fingerprint density at radius 3 is 2.19 bits per heavy atom. The third-order valence-electron chi connectivity index (χ3n) is 4.35. The van der Waals surface area contributed by atoms with Crippen molar-refractivity contribution in [3.8, 4) is 11.5 Å². The van der Waals surface area contributed by atoms with Crippen molar-refractivity contribution in [1.29, 1.82) is 0 Å². The van der Waals surface area contributed by atoms with E-state index in [1.165, 1.54) is 0 Å². The zero-order chi connectivity index (χ0) is 18.7. The summed E-state index contributed by atoms with van der Waals surface area (Å²) in [6, 6.07) is 10.5. The number of para-hydroxylation sites is 1. The lowest BCUT2D eigenvalue weighted by atomic mass is 10.1. The molecule has 3 rings (SSSR count). The molecule has 0 unspecified atom stereocenters. The van der Waals surface area contributed by atoms with Gasteiger partial charge in [-0.1, -0.05) is 12.1 Å². The number of amides is 2. The first kappa shape index (κ1) is 17.8. The van der Waals surface area contributed by atoms with E-state index in [1.54, 1.807) is 50.6 Å². The molecule has 26 heavy (non-hydrogen) atoms. The van der Waals surface area contributed by atoms with E-state index < -0.39 is 0 Å². The minimum absolute atomic E-state index is 0.178. The summed E-state index contributed by atoms with van der Waals surface area (Å²) < 4.78 is 10.6. The van der Waals surface area contributed by atoms with Crippen LogP contribution in [-0.4, -0.2) is 32.1 Å². The maximum Gasteiger partial charge on any atom is 0.255 e. The minimum Gasteiger partial charge on any atom is -0.496 e. The lowest BCUT2D eigenvalue weighted by Crippen LogP contribution is -2.27. The first-order chi connectivity index (χ1) is 12.5. The second-order valence-electron chi connectivity index (χ2n) is 6.25. The lowest BCUT2D eigenvalue weighted by Gasteiger charge is -2.14. The van der Waals surface area contributed by atoms with Gasteiger partial charge < -0.3 is 20.1 Å². The average molecular weight is 354 g/mol. The number of hydrogen-bond donors (Lipinski definition) is 2. The summed E-state index contributed by atoms with van der Waals surface area (Å²) >= 11 is 0. The summed E-state index contributed by atoms with van der Waals surface area (Å²) in [6.45, 7) is 1.86. The highest BCUT2D eigenvalue weighted by Crippen LogP contribution is 2.30. The highest BCUT2D eigenvalue weighted by Gasteiger charge is 2.25. The van der Waals surface area contributed by atoms with Crippen LogP contribution in [0.2, 0.25) is 0 Å². The predicted molar refractivity (Wildman–Crippen MR) is 99.2 cm³/mol. The Labute approximate surface area is 152 Å². The van der Waals surface area contributed by atoms with Crippen LogP contribution in [-0.2, 0) is 0 Å². The van der Waals surface area contributed by atoms with Gasteiger partial charge in [0.05, 0.1) is 25.5 Å². The topological polar surface area (TPSA) is 76.7 Å². The number of benzene rings is 2. The number of hydrogen-bond acceptors (Lipinski definition) is 4. The highest BCUT2D eigenvalue weighted by molar-refractivity contribution is 6.09. The van der Waals surface area contributed by atoms with Gasteiger partial charge >= 0.3 is 0 Å². The number of anilines is 1. The summed E-state index contributed by atoms with van der Waals surface area (Å²) in [7, 11) is 3.09. The van der Waals surface area contributed by atoms with E-state index in [1.807, 2.05) is 6.92 Å². The van der Waals surface area contributed by atoms with Crippen molar-refractivity contribution < 1.29 is 19.1 Å². The molecule has 0 bridgehead atoms. The Morgan fingerprint density at radius 2 is 1.62 bits per heavy atom. The van der Waals surface area contributed by atoms with E-state index >= 15 is 0 Å². The number of carbonyl (C=O) groups excluding carboxylic acids is 2. The molecule has 0 atom stereocenters. The Kier molecular flexibility index (Phi) is 5.11. The molecule has 0 aliphatic heterocycles. The number of ether oxygens (including phenoxy) is 2. The Balaban J connectivity index is 1.85. The van der Waals surface area contributed by atoms with E-state index in [2.05, 4.69) is 10.6 Å². The van der Waals surface area contributed by atoms with Crippen LogP contribution >= 0.6 is 0 Å². The zero-order valence-corrected chi connectivity index (χ0v) is 15.1. The van der Waals surface area contributed by atoms with Gasteiger partial charge in [0.1, 0.15) is 11.5 Å². The van der Waals surface area contributed by atoms with Gasteiger partial charge in [-0.15, -0.1) is 0 Å². The molecule has 0 spiro atoms. The molecule has 0 aromatic heterocycles. The Hall–Kier alpha value is -3.02. The molecule has 1 fully saturated rings. The maximum atomic E-state index is 12.7. The molecule has 6 heteroatoms. The van der Waals surface area contributed by atoms with Gasteiger partial charge in [-0.3, -0.25) is 9.59 Å². The fourth-order valence-corrected chi connectivity index (χ4v) is 2.69. The van der Waals surface area contributed by atoms with E-state index in [4.69, 9.17) is 9.47 Å². The molecule has 2 aromatic carbocycles. The number of rotatable bonds is 6. The molecule has 1 aliphatic carbocycles. The minimum atomic E-state index is -0.340. The van der Waals surface area contributed by atoms with Crippen LogP contribution < -0.4 is 20.1 Å². The van der Waals surface area contributed by atoms with Crippen LogP contribution in [0.5, 0.6) is 11.5 Å². The van der Waals surface area contributed by atoms with Crippen LogP contribution in [0.1, 0.15) is 39.1 Å². The van der Waals surface area contributed by atoms with Crippen molar-refractivity contribution in [2.45, 2.75) is 25.8 Å². The first-order valence-corrected chi connectivity index (χ1v) is 8.47. The van der Waals surface area contributed by atoms with Gasteiger partial charge in [0.15, 0.2) is 0 Å². The van der Waals surface area contributed by atoms with Crippen LogP contribution in [0, 0.1) is 6.92 Å². The van der Waals surface area contributed by atoms with Gasteiger partial charge in [0.2, 0.25) is 0 Å². The average Bonchev–Trinajstić information content (AvgIpc) is 3.46. The lowest BCUT2D eigenvalue weighted by molar-refractivity contribution is 0.0952. The van der Waals surface area contributed by atoms with Crippen LogP contribution in [0.4, 0.5) is 5.69 Å². The third-order valence-corrected chi connectivity index (χ3v) is 4.35. The second-order valence-corrected chi connectivity index (χ2v) is 6.25. The molecule has 0 radical (unpaired) electrons. The van der Waals surface area contributed by atoms with Crippen LogP contribution in [0.3, 0.4) is 0 Å². The normalized spacial score (nSPS) is 13.0. The molecule has 2 aromatic rings. The summed E-state index contributed by atoms with van der Waals surface area (Å²) in [5, 5.41) is 5.75. The van der Waals surface area contributed by atoms with Gasteiger partial charge in [0.25, 0.3) is 11.8 Å². The predicted octanol–water partition coefficient (Wildman–Crippen LogP) is 3.16. The molecule has 1 saturated carbocycles. The van der Waals surface area contributed by atoms with E-state index in [0.29, 0.717) is 28.3 Å². The van der Waals surface area contributed by atoms with Gasteiger partial charge in [-0.05, 0) is 44.0 Å². The summed E-state index contributed by atoms with van der Waals surface area (Å²) in [6.07, 6.45) is 2.01. The Morgan fingerprint density at radius 1 is 1.00 bits per heavy atom. The SMILES string of the molecule is COc1cc(C(=O)Nc2ccccc2C(=O)NC2CC2)cc(OC)c1C. The van der Waals surface area contributed by atoms with Gasteiger partial charge in [-0.25, -0.2) is 0 Å². The molecule has 2 amide bonds. The summed E-state index contributed by atoms with van der Waals surface area (Å²) in [5.41, 5.74) is 2.12. The monoisotopic (exact) mass is 354 g/mol. The summed E-state index contributed by atoms with van der Waals surface area (Å²) in [4.78, 5) is 25.1. The van der Waals surface area contributed by atoms with E-state index in [9.17, 15) is 9.59 Å². The zero-order valence-electron chi connectivity index (χ0n) is 15.1. The fraction of sp³-hybridized carbons (Fsp3) is 0.300. The third kappa shape index (κ3) is 3.79. The van der Waals surface area contributed by atoms with Crippen molar-refractivity contribution in [2.24, 2.45) is 0 Å². The number of methoxy groups -OCH3 is 2. The van der Waals surface area contributed by atoms with Crippen molar-refractivity contribution in [3.63, 3.8) is 0 Å². The molecule has 136 valence electrons. The molecule has 6 nitrogen and oxygen atoms in total. The standard InChI is InChI=1S/C20H22N2O4/c1-12-17(25-2)10-13(11-18(12)26-3)19(23)22-16-7-5-4-6-15(16)20(24)21-14-8-9-14/h4-7,10-11,14H,8-9H2,1-3H3,(H,21,24)(H,22,23). The van der Waals surface area contributed by atoms with Crippen molar-refractivity contribution in [3.05, 3.63) is 53.1 Å². The van der Waals surface area contributed by atoms with Gasteiger partial charge in [-0.2, -0.15) is 0 Å². The number of nitrogens with one attached hydrogen (secondary N) is 2. The quantitative estimate of drug-likeness (QED) is 0.835. The number of carbonyl (C=O) groups is 2. The largest absolute Gasteiger partial charge is 0.496 e. The van der Waals surface area contributed by atoms with Crippen molar-refractivity contribution >= 4 is 17.5 Å². The van der Waals surface area contributed by atoms with E-state index in [0.717, 1.165) is 18.4 Å². The Bertz CT molecular complexity index is 818. The molecule has 0 heterocycles. The first-order valence-electron chi connectivity index (χ1n) is 8.47. The smallest absolute Gasteiger partial charge is 0.255 e. The molecular weight excluding hydrogens is 332 g/mol. The fourth-order valence-electron chi connectivity index (χ4n) is 2.69. The molecule has 0 saturated heterocycles. The van der Waals surface area contributed by atoms with Crippen LogP contribution in [0.25, 0.3) is 0 Å². The van der Waals surface area contributed by atoms with Crippen LogP contribution in [0.15, 0.2) is 36.4 Å². The second kappa shape index (κ2) is 7.47. The highest BCUT2D eigenvalue weighted by atomic mass is 16.5. The molecular formula is C20H22N2O4. The van der Waals surface area contributed by atoms with E-state index in [-0.39, 0.29) is 17.9 Å². The van der Waals surface area contributed by atoms with Gasteiger partial charge in [0, 0.05) is 17.2 Å². The van der Waals surface area contributed by atoms with Crippen molar-refractivity contribution in [1.82, 2.24) is 5.32 Å². The van der Waals surface area contributed by atoms with Crippen molar-refractivity contribution in [2.75, 3.05) is 19.5 Å². The summed E-state index contributed by atoms with van der Waals surface area (Å²) in [5.74, 6) is 0.610.